The maximum atomic E-state index is 10.8. The Morgan fingerprint density at radius 1 is 1.82 bits per heavy atom. The molecule has 2 N–H and O–H groups in total. The van der Waals surface area contributed by atoms with Crippen molar-refractivity contribution in [1.82, 2.24) is 15.3 Å². The van der Waals surface area contributed by atoms with Crippen LogP contribution in [-0.2, 0) is 7.05 Å². The van der Waals surface area contributed by atoms with E-state index in [2.05, 4.69) is 5.10 Å². The molecule has 0 aromatic carbocycles. The summed E-state index contributed by atoms with van der Waals surface area (Å²) in [5.74, 6) is -0.532. The molecule has 0 radical (unpaired) electrons. The Balaban J connectivity index is 3.03. The summed E-state index contributed by atoms with van der Waals surface area (Å²) in [5.41, 5.74) is 2.52. The molecule has 1 amide bonds. The highest BCUT2D eigenvalue weighted by Gasteiger charge is 2.10. The average Bonchev–Trinajstić information content (AvgIpc) is 2.28. The van der Waals surface area contributed by atoms with Gasteiger partial charge in [-0.1, -0.05) is 0 Å². The van der Waals surface area contributed by atoms with Crippen molar-refractivity contribution < 1.29 is 10.0 Å². The molecule has 5 heteroatoms. The van der Waals surface area contributed by atoms with Crippen molar-refractivity contribution in [2.45, 2.75) is 6.92 Å². The predicted octanol–water partition coefficient (Wildman–Crippen LogP) is -0.152. The van der Waals surface area contributed by atoms with Crippen LogP contribution < -0.4 is 5.48 Å². The molecule has 0 bridgehead atoms. The molecule has 5 nitrogen and oxygen atoms in total. The van der Waals surface area contributed by atoms with E-state index in [1.54, 1.807) is 25.6 Å². The van der Waals surface area contributed by atoms with E-state index in [9.17, 15) is 4.79 Å². The van der Waals surface area contributed by atoms with Gasteiger partial charge in [0.1, 0.15) is 0 Å². The van der Waals surface area contributed by atoms with E-state index in [-0.39, 0.29) is 0 Å². The van der Waals surface area contributed by atoms with E-state index >= 15 is 0 Å². The topological polar surface area (TPSA) is 67.2 Å². The third-order valence-electron chi connectivity index (χ3n) is 1.36. The first-order valence-corrected chi connectivity index (χ1v) is 3.10. The molecule has 0 atom stereocenters. The van der Waals surface area contributed by atoms with Crippen molar-refractivity contribution in [2.24, 2.45) is 7.05 Å². The van der Waals surface area contributed by atoms with E-state index in [0.717, 1.165) is 0 Å². The second-order valence-electron chi connectivity index (χ2n) is 2.24. The number of carbonyl (C=O) groups is 1. The lowest BCUT2D eigenvalue weighted by molar-refractivity contribution is 0.0705. The molecule has 0 aliphatic rings. The van der Waals surface area contributed by atoms with Crippen LogP contribution in [-0.4, -0.2) is 20.9 Å². The first kappa shape index (κ1) is 7.74. The van der Waals surface area contributed by atoms with Gasteiger partial charge in [-0.3, -0.25) is 14.7 Å². The number of nitrogens with zero attached hydrogens (tertiary/aromatic N) is 2. The fourth-order valence-corrected chi connectivity index (χ4v) is 0.883. The third-order valence-corrected chi connectivity index (χ3v) is 1.36. The van der Waals surface area contributed by atoms with Crippen molar-refractivity contribution >= 4 is 5.91 Å². The normalized spacial score (nSPS) is 9.73. The van der Waals surface area contributed by atoms with E-state index < -0.39 is 5.91 Å². The first-order chi connectivity index (χ1) is 5.15. The minimum Gasteiger partial charge on any atom is -0.288 e. The number of nitrogens with one attached hydrogen (secondary N) is 1. The van der Waals surface area contributed by atoms with Crippen LogP contribution in [0.5, 0.6) is 0 Å². The molecule has 0 unspecified atom stereocenters. The highest BCUT2D eigenvalue weighted by atomic mass is 16.5. The number of rotatable bonds is 1. The third kappa shape index (κ3) is 1.38. The molecule has 0 aliphatic heterocycles. The van der Waals surface area contributed by atoms with Crippen molar-refractivity contribution in [3.8, 4) is 0 Å². The molecule has 11 heavy (non-hydrogen) atoms. The number of amides is 1. The number of hydroxylamine groups is 1. The maximum absolute atomic E-state index is 10.8. The predicted molar refractivity (Wildman–Crippen MR) is 37.2 cm³/mol. The van der Waals surface area contributed by atoms with Gasteiger partial charge >= 0.3 is 0 Å². The lowest BCUT2D eigenvalue weighted by Gasteiger charge is -1.92. The summed E-state index contributed by atoms with van der Waals surface area (Å²) in [5, 5.41) is 12.2. The molecule has 0 saturated carbocycles. The molecule has 60 valence electrons. The maximum Gasteiger partial charge on any atom is 0.278 e. The number of hydrogen-bond donors (Lipinski definition) is 2. The van der Waals surface area contributed by atoms with Crippen LogP contribution >= 0.6 is 0 Å². The number of aromatic nitrogens is 2. The van der Waals surface area contributed by atoms with Gasteiger partial charge in [0, 0.05) is 13.2 Å². The Morgan fingerprint density at radius 2 is 2.45 bits per heavy atom. The number of aryl methyl sites for hydroxylation is 2. The van der Waals surface area contributed by atoms with Gasteiger partial charge in [-0.05, 0) is 6.92 Å². The van der Waals surface area contributed by atoms with Crippen LogP contribution in [0.3, 0.4) is 0 Å². The van der Waals surface area contributed by atoms with Crippen molar-refractivity contribution in [3.63, 3.8) is 0 Å². The summed E-state index contributed by atoms with van der Waals surface area (Å²) >= 11 is 0. The van der Waals surface area contributed by atoms with Crippen LogP contribution in [0.4, 0.5) is 0 Å². The van der Waals surface area contributed by atoms with Crippen LogP contribution in [0, 0.1) is 6.92 Å². The number of hydrogen-bond acceptors (Lipinski definition) is 3. The van der Waals surface area contributed by atoms with Crippen molar-refractivity contribution in [1.29, 1.82) is 0 Å². The van der Waals surface area contributed by atoms with Gasteiger partial charge in [0.05, 0.1) is 11.3 Å². The second kappa shape index (κ2) is 2.71. The zero-order valence-corrected chi connectivity index (χ0v) is 6.33. The lowest BCUT2D eigenvalue weighted by Crippen LogP contribution is -2.18. The molecule has 0 fully saturated rings. The largest absolute Gasteiger partial charge is 0.288 e. The van der Waals surface area contributed by atoms with Crippen molar-refractivity contribution in [2.75, 3.05) is 0 Å². The Labute approximate surface area is 63.6 Å². The summed E-state index contributed by atoms with van der Waals surface area (Å²) < 4.78 is 1.51. The fourth-order valence-electron chi connectivity index (χ4n) is 0.883. The second-order valence-corrected chi connectivity index (χ2v) is 2.24. The van der Waals surface area contributed by atoms with E-state index in [0.29, 0.717) is 11.3 Å². The molecule has 0 saturated heterocycles. The molecular formula is C6H9N3O2. The fraction of sp³-hybridized carbons (Fsp3) is 0.333. The van der Waals surface area contributed by atoms with Crippen LogP contribution in [0.2, 0.25) is 0 Å². The molecular weight excluding hydrogens is 146 g/mol. The van der Waals surface area contributed by atoms with Gasteiger partial charge < -0.3 is 0 Å². The Hall–Kier alpha value is -1.36. The smallest absolute Gasteiger partial charge is 0.278 e. The molecule has 1 aromatic rings. The van der Waals surface area contributed by atoms with Crippen LogP contribution in [0.25, 0.3) is 0 Å². The summed E-state index contributed by atoms with van der Waals surface area (Å²) in [7, 11) is 1.71. The highest BCUT2D eigenvalue weighted by Crippen LogP contribution is 2.02. The Bertz CT molecular complexity index is 279. The minimum absolute atomic E-state index is 0.384. The zero-order valence-electron chi connectivity index (χ0n) is 6.33. The average molecular weight is 155 g/mol. The SMILES string of the molecule is Cc1nn(C)cc1C(=O)NO. The summed E-state index contributed by atoms with van der Waals surface area (Å²) in [6.07, 6.45) is 1.54. The van der Waals surface area contributed by atoms with Gasteiger partial charge in [-0.15, -0.1) is 0 Å². The van der Waals surface area contributed by atoms with Gasteiger partial charge in [0.15, 0.2) is 0 Å². The Morgan fingerprint density at radius 3 is 2.82 bits per heavy atom. The van der Waals surface area contributed by atoms with Crippen molar-refractivity contribution in [3.05, 3.63) is 17.5 Å². The van der Waals surface area contributed by atoms with Gasteiger partial charge in [-0.25, -0.2) is 5.48 Å². The summed E-state index contributed by atoms with van der Waals surface area (Å²) in [4.78, 5) is 10.8. The quantitative estimate of drug-likeness (QED) is 0.437. The first-order valence-electron chi connectivity index (χ1n) is 3.10. The zero-order chi connectivity index (χ0) is 8.43. The van der Waals surface area contributed by atoms with E-state index in [1.807, 2.05) is 0 Å². The summed E-state index contributed by atoms with van der Waals surface area (Å²) in [6, 6.07) is 0. The molecule has 1 heterocycles. The van der Waals surface area contributed by atoms with E-state index in [4.69, 9.17) is 5.21 Å². The highest BCUT2D eigenvalue weighted by molar-refractivity contribution is 5.94. The standard InChI is InChI=1S/C6H9N3O2/c1-4-5(6(10)8-11)3-9(2)7-4/h3,11H,1-2H3,(H,8,10). The minimum atomic E-state index is -0.532. The molecule has 0 aliphatic carbocycles. The van der Waals surface area contributed by atoms with Gasteiger partial charge in [0.2, 0.25) is 0 Å². The molecule has 0 spiro atoms. The molecule has 1 aromatic heterocycles. The van der Waals surface area contributed by atoms with E-state index in [1.165, 1.54) is 4.68 Å². The van der Waals surface area contributed by atoms with Crippen LogP contribution in [0.15, 0.2) is 6.20 Å². The summed E-state index contributed by atoms with van der Waals surface area (Å²) in [6.45, 7) is 1.70. The number of carbonyl (C=O) groups excluding carboxylic acids is 1. The van der Waals surface area contributed by atoms with Crippen LogP contribution in [0.1, 0.15) is 16.1 Å². The van der Waals surface area contributed by atoms with Gasteiger partial charge in [-0.2, -0.15) is 5.10 Å². The Kier molecular flexibility index (Phi) is 1.91. The molecule has 1 rings (SSSR count). The van der Waals surface area contributed by atoms with Gasteiger partial charge in [0.25, 0.3) is 5.91 Å². The lowest BCUT2D eigenvalue weighted by atomic mass is 10.2. The monoisotopic (exact) mass is 155 g/mol.